The van der Waals surface area contributed by atoms with E-state index in [9.17, 15) is 22.0 Å². The van der Waals surface area contributed by atoms with E-state index >= 15 is 0 Å². The summed E-state index contributed by atoms with van der Waals surface area (Å²) in [7, 11) is -4.03. The molecule has 0 spiro atoms. The molecule has 1 fully saturated rings. The molecule has 0 radical (unpaired) electrons. The molecule has 1 aromatic rings. The van der Waals surface area contributed by atoms with Crippen molar-refractivity contribution in [3.63, 3.8) is 0 Å². The fraction of sp³-hybridized carbons (Fsp3) is 0.632. The number of benzene rings is 1. The second kappa shape index (κ2) is 9.58. The van der Waals surface area contributed by atoms with Crippen molar-refractivity contribution in [2.45, 2.75) is 49.8 Å². The predicted octanol–water partition coefficient (Wildman–Crippen LogP) is -0.105. The average Bonchev–Trinajstić information content (AvgIpc) is 3.25. The molecule has 3 aliphatic rings. The molecule has 6 nitrogen and oxygen atoms in total. The molecule has 0 atom stereocenters. The van der Waals surface area contributed by atoms with Crippen LogP contribution in [0.4, 0.5) is 19.3 Å². The molecule has 154 valence electrons. The molecule has 1 N–H and O–H groups in total. The number of halogens is 2. The van der Waals surface area contributed by atoms with Gasteiger partial charge in [-0.1, -0.05) is 6.07 Å². The van der Waals surface area contributed by atoms with Crippen LogP contribution in [0.2, 0.25) is 0 Å². The van der Waals surface area contributed by atoms with Gasteiger partial charge in [-0.2, -0.15) is 0 Å². The first kappa shape index (κ1) is 23.6. The van der Waals surface area contributed by atoms with E-state index < -0.39 is 40.7 Å². The van der Waals surface area contributed by atoms with Crippen LogP contribution in [0.3, 0.4) is 0 Å². The molecule has 0 unspecified atom stereocenters. The maximum atomic E-state index is 12.7. The van der Waals surface area contributed by atoms with Gasteiger partial charge in [0.05, 0.1) is 11.3 Å². The molecule has 1 heterocycles. The second-order valence-corrected chi connectivity index (χ2v) is 9.69. The summed E-state index contributed by atoms with van der Waals surface area (Å²) >= 11 is 0. The van der Waals surface area contributed by atoms with E-state index in [2.05, 4.69) is 16.1 Å². The molecule has 10 heteroatoms. The van der Waals surface area contributed by atoms with E-state index in [0.717, 1.165) is 55.3 Å². The van der Waals surface area contributed by atoms with E-state index in [1.165, 1.54) is 16.0 Å². The number of likely N-dealkylation sites (tertiary alicyclic amines) is 1. The Hall–Kier alpha value is -0.104. The molecular weight excluding hydrogens is 427 g/mol. The van der Waals surface area contributed by atoms with Crippen molar-refractivity contribution >= 4 is 21.7 Å². The topological polar surface area (TPSA) is 80.6 Å². The van der Waals surface area contributed by atoms with Crippen LogP contribution < -0.4 is 56.7 Å². The molecule has 1 aromatic carbocycles. The Morgan fingerprint density at radius 3 is 2.17 bits per heavy atom. The van der Waals surface area contributed by atoms with E-state index in [0.29, 0.717) is 0 Å². The Morgan fingerprint density at radius 1 is 1.10 bits per heavy atom. The van der Waals surface area contributed by atoms with Gasteiger partial charge in [-0.05, 0) is 66.5 Å². The number of rotatable bonds is 6. The number of carbonyl (C=O) groups is 1. The van der Waals surface area contributed by atoms with Crippen molar-refractivity contribution in [2.24, 2.45) is 0 Å². The van der Waals surface area contributed by atoms with Gasteiger partial charge < -0.3 is 10.0 Å². The van der Waals surface area contributed by atoms with E-state index in [4.69, 9.17) is 0 Å². The van der Waals surface area contributed by atoms with Gasteiger partial charge in [0.25, 0.3) is 0 Å². The number of nitrogens with one attached hydrogen (secondary N) is 1. The van der Waals surface area contributed by atoms with Gasteiger partial charge in [-0.15, -0.1) is 0 Å². The van der Waals surface area contributed by atoms with Crippen LogP contribution in [0.5, 0.6) is 0 Å². The zero-order valence-electron chi connectivity index (χ0n) is 16.6. The van der Waals surface area contributed by atoms with Crippen molar-refractivity contribution in [2.75, 3.05) is 31.8 Å². The molecule has 0 bridgehead atoms. The first-order valence-electron chi connectivity index (χ1n) is 9.73. The summed E-state index contributed by atoms with van der Waals surface area (Å²) in [6.45, 7) is -1.75. The summed E-state index contributed by atoms with van der Waals surface area (Å²) in [5, 5.41) is 1.84. The standard InChI is InChI=1S/C19H25F2N3O3S.K/c20-8-14(9-21)24-10-15(11-24)28(26,27)23-19(25)22-18-16-5-1-3-12(16)7-13-4-2-6-17(13)18;/h7,14-15H,1-6,8-11H2,(H2,22,23,25);/q;+1/p-1. The number of carbonyl (C=O) groups excluding carboxylic acids is 1. The van der Waals surface area contributed by atoms with Gasteiger partial charge in [0.2, 0.25) is 0 Å². The van der Waals surface area contributed by atoms with Crippen LogP contribution in [-0.4, -0.2) is 57.1 Å². The number of hydrogen-bond donors (Lipinski definition) is 1. The third-order valence-corrected chi connectivity index (χ3v) is 7.65. The number of sulfonamides is 1. The molecule has 0 aromatic heterocycles. The van der Waals surface area contributed by atoms with Crippen molar-refractivity contribution in [1.82, 2.24) is 4.90 Å². The van der Waals surface area contributed by atoms with Gasteiger partial charge in [0, 0.05) is 13.1 Å². The molecule has 0 saturated carbocycles. The number of urea groups is 1. The summed E-state index contributed by atoms with van der Waals surface area (Å²) in [5.74, 6) is 0. The molecule has 29 heavy (non-hydrogen) atoms. The summed E-state index contributed by atoms with van der Waals surface area (Å²) < 4.78 is 53.6. The second-order valence-electron chi connectivity index (χ2n) is 7.81. The van der Waals surface area contributed by atoms with Gasteiger partial charge in [-0.25, -0.2) is 17.2 Å². The van der Waals surface area contributed by atoms with Crippen molar-refractivity contribution in [1.29, 1.82) is 0 Å². The normalized spacial score (nSPS) is 18.7. The zero-order chi connectivity index (χ0) is 19.9. The number of fused-ring (bicyclic) bond motifs is 2. The number of aryl methyl sites for hydroxylation is 2. The third kappa shape index (κ3) is 4.73. The Balaban J connectivity index is 0.00000240. The third-order valence-electron chi connectivity index (χ3n) is 6.09. The molecule has 4 rings (SSSR count). The molecule has 2 aliphatic carbocycles. The summed E-state index contributed by atoms with van der Waals surface area (Å²) in [6, 6.07) is 0.415. The summed E-state index contributed by atoms with van der Waals surface area (Å²) in [5.41, 5.74) is 5.42. The van der Waals surface area contributed by atoms with Crippen LogP contribution in [0.1, 0.15) is 35.1 Å². The Kier molecular flexibility index (Phi) is 7.78. The van der Waals surface area contributed by atoms with Gasteiger partial charge in [0.15, 0.2) is 16.1 Å². The maximum Gasteiger partial charge on any atom is 1.00 e. The van der Waals surface area contributed by atoms with Crippen molar-refractivity contribution in [3.8, 4) is 0 Å². The Morgan fingerprint density at radius 2 is 1.66 bits per heavy atom. The van der Waals surface area contributed by atoms with Gasteiger partial charge >= 0.3 is 51.4 Å². The smallest absolute Gasteiger partial charge is 0.423 e. The van der Waals surface area contributed by atoms with Crippen LogP contribution >= 0.6 is 0 Å². The fourth-order valence-electron chi connectivity index (χ4n) is 4.48. The van der Waals surface area contributed by atoms with E-state index in [1.54, 1.807) is 0 Å². The largest absolute Gasteiger partial charge is 1.00 e. The first-order chi connectivity index (χ1) is 13.4. The van der Waals surface area contributed by atoms with Crippen LogP contribution in [0.15, 0.2) is 6.07 Å². The molecule has 2 amide bonds. The van der Waals surface area contributed by atoms with E-state index in [1.807, 2.05) is 0 Å². The predicted molar refractivity (Wildman–Crippen MR) is 103 cm³/mol. The van der Waals surface area contributed by atoms with Crippen molar-refractivity contribution < 1.29 is 73.4 Å². The number of nitrogens with zero attached hydrogens (tertiary/aromatic N) is 2. The van der Waals surface area contributed by atoms with Crippen LogP contribution in [0, 0.1) is 0 Å². The number of hydrogen-bond acceptors (Lipinski definition) is 4. The maximum absolute atomic E-state index is 12.7. The first-order valence-corrected chi connectivity index (χ1v) is 11.2. The average molecular weight is 452 g/mol. The summed E-state index contributed by atoms with van der Waals surface area (Å²) in [6.07, 6.45) is 5.75. The molecule has 1 saturated heterocycles. The van der Waals surface area contributed by atoms with Gasteiger partial charge in [0.1, 0.15) is 13.3 Å². The number of alkyl halides is 2. The SMILES string of the molecule is O=C([N-]S(=O)(=O)C1CN(C(CF)CF)C1)Nc1c2c(cc3c1CCC3)CCC2.[K+]. The van der Waals surface area contributed by atoms with Crippen molar-refractivity contribution in [3.05, 3.63) is 33.0 Å². The van der Waals surface area contributed by atoms with Gasteiger partial charge in [-0.3, -0.25) is 9.69 Å². The molecule has 1 aliphatic heterocycles. The summed E-state index contributed by atoms with van der Waals surface area (Å²) in [4.78, 5) is 13.8. The number of amides is 2. The minimum atomic E-state index is -4.03. The molecular formula is C19H24F2KN3O3S. The van der Waals surface area contributed by atoms with Crippen LogP contribution in [-0.2, 0) is 35.7 Å². The Labute approximate surface area is 212 Å². The van der Waals surface area contributed by atoms with E-state index in [-0.39, 0.29) is 64.5 Å². The number of anilines is 1. The monoisotopic (exact) mass is 451 g/mol. The zero-order valence-corrected chi connectivity index (χ0v) is 20.5. The quantitative estimate of drug-likeness (QED) is 0.613. The fourth-order valence-corrected chi connectivity index (χ4v) is 5.67. The minimum absolute atomic E-state index is 0. The Bertz CT molecular complexity index is 855. The minimum Gasteiger partial charge on any atom is -0.423 e. The van der Waals surface area contributed by atoms with Crippen LogP contribution in [0.25, 0.3) is 4.72 Å².